The maximum atomic E-state index is 11.6. The number of hydrogen-bond acceptors (Lipinski definition) is 4. The lowest BCUT2D eigenvalue weighted by Gasteiger charge is -2.24. The molecule has 0 fully saturated rings. The Morgan fingerprint density at radius 3 is 2.79 bits per heavy atom. The van der Waals surface area contributed by atoms with Gasteiger partial charge in [-0.2, -0.15) is 0 Å². The third-order valence-electron chi connectivity index (χ3n) is 2.88. The highest BCUT2D eigenvalue weighted by atomic mass is 16.5. The van der Waals surface area contributed by atoms with E-state index < -0.39 is 0 Å². The van der Waals surface area contributed by atoms with E-state index in [1.807, 2.05) is 43.0 Å². The van der Waals surface area contributed by atoms with Gasteiger partial charge in [-0.25, -0.2) is 4.98 Å². The third-order valence-corrected chi connectivity index (χ3v) is 2.88. The number of benzene rings is 1. The van der Waals surface area contributed by atoms with E-state index in [2.05, 4.69) is 9.97 Å². The molecule has 1 aromatic heterocycles. The molecule has 102 valence electrons. The summed E-state index contributed by atoms with van der Waals surface area (Å²) in [5.41, 5.74) is 1.86. The maximum absolute atomic E-state index is 11.6. The largest absolute Gasteiger partial charge is 0.465 e. The minimum absolute atomic E-state index is 0.157. The van der Waals surface area contributed by atoms with Gasteiger partial charge in [-0.15, -0.1) is 0 Å². The molecule has 19 heavy (non-hydrogen) atoms. The SMILES string of the molecule is CCOC(=O)CN(c1nc2ccccc2[nH]1)C(C)C. The van der Waals surface area contributed by atoms with Crippen LogP contribution in [0.1, 0.15) is 20.8 Å². The number of aromatic amines is 1. The van der Waals surface area contributed by atoms with Crippen LogP contribution in [-0.4, -0.2) is 35.1 Å². The Bertz CT molecular complexity index is 530. The van der Waals surface area contributed by atoms with Gasteiger partial charge in [-0.1, -0.05) is 12.1 Å². The van der Waals surface area contributed by atoms with E-state index in [9.17, 15) is 4.79 Å². The standard InChI is InChI=1S/C14H19N3O2/c1-4-19-13(18)9-17(10(2)3)14-15-11-7-5-6-8-12(11)16-14/h5-8,10H,4,9H2,1-3H3,(H,15,16). The van der Waals surface area contributed by atoms with Crippen LogP contribution in [0.25, 0.3) is 11.0 Å². The molecule has 0 saturated heterocycles. The molecule has 5 nitrogen and oxygen atoms in total. The number of hydrogen-bond donors (Lipinski definition) is 1. The molecule has 0 aliphatic carbocycles. The molecule has 0 unspecified atom stereocenters. The highest BCUT2D eigenvalue weighted by Crippen LogP contribution is 2.18. The molecule has 0 radical (unpaired) electrons. The van der Waals surface area contributed by atoms with Crippen LogP contribution in [0.3, 0.4) is 0 Å². The molecule has 2 aromatic rings. The average molecular weight is 261 g/mol. The highest BCUT2D eigenvalue weighted by molar-refractivity contribution is 5.79. The van der Waals surface area contributed by atoms with Gasteiger partial charge < -0.3 is 14.6 Å². The first-order chi connectivity index (χ1) is 9.11. The molecule has 0 spiro atoms. The van der Waals surface area contributed by atoms with Crippen molar-refractivity contribution >= 4 is 23.0 Å². The first kappa shape index (κ1) is 13.4. The number of para-hydroxylation sites is 2. The normalized spacial score (nSPS) is 10.9. The van der Waals surface area contributed by atoms with Crippen molar-refractivity contribution in [2.24, 2.45) is 0 Å². The fourth-order valence-electron chi connectivity index (χ4n) is 1.92. The second-order valence-corrected chi connectivity index (χ2v) is 4.60. The first-order valence-corrected chi connectivity index (χ1v) is 6.48. The number of esters is 1. The van der Waals surface area contributed by atoms with Crippen molar-refractivity contribution in [3.8, 4) is 0 Å². The van der Waals surface area contributed by atoms with Crippen LogP contribution in [0.4, 0.5) is 5.95 Å². The van der Waals surface area contributed by atoms with Crippen molar-refractivity contribution in [2.75, 3.05) is 18.1 Å². The Labute approximate surface area is 112 Å². The van der Waals surface area contributed by atoms with Crippen LogP contribution in [0, 0.1) is 0 Å². The van der Waals surface area contributed by atoms with E-state index in [0.29, 0.717) is 12.6 Å². The molecule has 0 aliphatic rings. The van der Waals surface area contributed by atoms with Gasteiger partial charge in [-0.05, 0) is 32.9 Å². The predicted octanol–water partition coefficient (Wildman–Crippen LogP) is 2.34. The first-order valence-electron chi connectivity index (χ1n) is 6.48. The Morgan fingerprint density at radius 2 is 2.16 bits per heavy atom. The number of ether oxygens (including phenoxy) is 1. The van der Waals surface area contributed by atoms with Crippen molar-refractivity contribution < 1.29 is 9.53 Å². The van der Waals surface area contributed by atoms with Crippen LogP contribution < -0.4 is 4.90 Å². The summed E-state index contributed by atoms with van der Waals surface area (Å²) in [6.45, 7) is 6.44. The molecule has 2 rings (SSSR count). The van der Waals surface area contributed by atoms with E-state index in [-0.39, 0.29) is 18.6 Å². The van der Waals surface area contributed by atoms with Gasteiger partial charge in [0, 0.05) is 6.04 Å². The van der Waals surface area contributed by atoms with Crippen molar-refractivity contribution in [1.82, 2.24) is 9.97 Å². The lowest BCUT2D eigenvalue weighted by atomic mass is 10.3. The molecule has 0 amide bonds. The summed E-state index contributed by atoms with van der Waals surface area (Å²) < 4.78 is 5.00. The summed E-state index contributed by atoms with van der Waals surface area (Å²) in [6, 6.07) is 7.96. The summed E-state index contributed by atoms with van der Waals surface area (Å²) in [4.78, 5) is 21.3. The van der Waals surface area contributed by atoms with Crippen molar-refractivity contribution in [2.45, 2.75) is 26.8 Å². The number of H-pyrrole nitrogens is 1. The third kappa shape index (κ3) is 3.05. The van der Waals surface area contributed by atoms with Crippen LogP contribution in [-0.2, 0) is 9.53 Å². The predicted molar refractivity (Wildman–Crippen MR) is 75.2 cm³/mol. The van der Waals surface area contributed by atoms with Gasteiger partial charge in [-0.3, -0.25) is 4.79 Å². The minimum atomic E-state index is -0.239. The summed E-state index contributed by atoms with van der Waals surface area (Å²) in [6.07, 6.45) is 0. The molecule has 0 bridgehead atoms. The molecular weight excluding hydrogens is 242 g/mol. The molecule has 0 atom stereocenters. The van der Waals surface area contributed by atoms with Gasteiger partial charge >= 0.3 is 5.97 Å². The van der Waals surface area contributed by atoms with E-state index in [1.165, 1.54) is 0 Å². The average Bonchev–Trinajstić information content (AvgIpc) is 2.79. The van der Waals surface area contributed by atoms with Crippen LogP contribution in [0.15, 0.2) is 24.3 Å². The zero-order chi connectivity index (χ0) is 13.8. The van der Waals surface area contributed by atoms with Gasteiger partial charge in [0.15, 0.2) is 0 Å². The molecule has 5 heteroatoms. The summed E-state index contributed by atoms with van der Waals surface area (Å²) in [5.74, 6) is 0.459. The molecule has 1 heterocycles. The summed E-state index contributed by atoms with van der Waals surface area (Å²) in [7, 11) is 0. The quantitative estimate of drug-likeness (QED) is 0.839. The molecule has 0 saturated carbocycles. The zero-order valence-corrected chi connectivity index (χ0v) is 11.5. The van der Waals surface area contributed by atoms with Crippen molar-refractivity contribution in [3.63, 3.8) is 0 Å². The Kier molecular flexibility index (Phi) is 4.04. The summed E-state index contributed by atoms with van der Waals surface area (Å²) >= 11 is 0. The smallest absolute Gasteiger partial charge is 0.325 e. The van der Waals surface area contributed by atoms with E-state index in [4.69, 9.17) is 4.74 Å². The minimum Gasteiger partial charge on any atom is -0.465 e. The Balaban J connectivity index is 2.25. The van der Waals surface area contributed by atoms with E-state index in [0.717, 1.165) is 11.0 Å². The van der Waals surface area contributed by atoms with E-state index in [1.54, 1.807) is 6.92 Å². The Morgan fingerprint density at radius 1 is 1.42 bits per heavy atom. The second kappa shape index (κ2) is 5.73. The van der Waals surface area contributed by atoms with Gasteiger partial charge in [0.25, 0.3) is 0 Å². The number of aromatic nitrogens is 2. The number of carbonyl (C=O) groups is 1. The van der Waals surface area contributed by atoms with Gasteiger partial charge in [0.2, 0.25) is 5.95 Å². The number of fused-ring (bicyclic) bond motifs is 1. The number of nitrogens with one attached hydrogen (secondary N) is 1. The van der Waals surface area contributed by atoms with Crippen LogP contribution in [0.2, 0.25) is 0 Å². The Hall–Kier alpha value is -2.04. The molecule has 1 aromatic carbocycles. The number of nitrogens with zero attached hydrogens (tertiary/aromatic N) is 2. The van der Waals surface area contributed by atoms with Gasteiger partial charge in [0.1, 0.15) is 6.54 Å². The fourth-order valence-corrected chi connectivity index (χ4v) is 1.92. The number of anilines is 1. The van der Waals surface area contributed by atoms with Crippen molar-refractivity contribution in [3.05, 3.63) is 24.3 Å². The fraction of sp³-hybridized carbons (Fsp3) is 0.429. The number of rotatable bonds is 5. The number of carbonyl (C=O) groups excluding carboxylic acids is 1. The zero-order valence-electron chi connectivity index (χ0n) is 11.5. The number of imidazole rings is 1. The topological polar surface area (TPSA) is 58.2 Å². The molecular formula is C14H19N3O2. The van der Waals surface area contributed by atoms with E-state index >= 15 is 0 Å². The van der Waals surface area contributed by atoms with Crippen LogP contribution >= 0.6 is 0 Å². The van der Waals surface area contributed by atoms with Crippen molar-refractivity contribution in [1.29, 1.82) is 0 Å². The molecule has 1 N–H and O–H groups in total. The lowest BCUT2D eigenvalue weighted by molar-refractivity contribution is -0.141. The monoisotopic (exact) mass is 261 g/mol. The molecule has 0 aliphatic heterocycles. The lowest BCUT2D eigenvalue weighted by Crippen LogP contribution is -2.37. The highest BCUT2D eigenvalue weighted by Gasteiger charge is 2.18. The summed E-state index contributed by atoms with van der Waals surface area (Å²) in [5, 5.41) is 0. The second-order valence-electron chi connectivity index (χ2n) is 4.60. The van der Waals surface area contributed by atoms with Gasteiger partial charge in [0.05, 0.1) is 17.6 Å². The van der Waals surface area contributed by atoms with Crippen LogP contribution in [0.5, 0.6) is 0 Å². The maximum Gasteiger partial charge on any atom is 0.325 e.